The molecule has 2 aromatic rings. The number of allylic oxidation sites excluding steroid dienone is 2. The number of nitrogens with zero attached hydrogens (tertiary/aromatic N) is 1. The van der Waals surface area contributed by atoms with Crippen LogP contribution in [-0.4, -0.2) is 44.2 Å². The maximum absolute atomic E-state index is 7.31. The zero-order valence-corrected chi connectivity index (χ0v) is 16.4. The maximum atomic E-state index is 7.31. The Labute approximate surface area is 149 Å². The van der Waals surface area contributed by atoms with Crippen molar-refractivity contribution in [2.24, 2.45) is 0 Å². The Morgan fingerprint density at radius 1 is 1.38 bits per heavy atom. The fourth-order valence-corrected chi connectivity index (χ4v) is 3.02. The van der Waals surface area contributed by atoms with Gasteiger partial charge in [-0.15, -0.1) is 0 Å². The van der Waals surface area contributed by atoms with Crippen LogP contribution in [0.15, 0.2) is 24.5 Å². The Hall–Kier alpha value is -1.76. The lowest BCUT2D eigenvalue weighted by atomic mass is 10.1. The molecule has 130 valence electrons. The SMILES string of the molecule is COCC[Si](C)(C)C.N=C/C=C(\C=N)c1c[nH]c2nccc(Cl)c12. The zero-order chi connectivity index (χ0) is 18.2. The van der Waals surface area contributed by atoms with E-state index in [-0.39, 0.29) is 0 Å². The summed E-state index contributed by atoms with van der Waals surface area (Å²) in [6.45, 7) is 8.00. The number of hydrogen-bond acceptors (Lipinski definition) is 4. The predicted molar refractivity (Wildman–Crippen MR) is 107 cm³/mol. The first-order chi connectivity index (χ1) is 11.3. The van der Waals surface area contributed by atoms with Crippen molar-refractivity contribution in [3.63, 3.8) is 0 Å². The molecule has 2 heterocycles. The van der Waals surface area contributed by atoms with Crippen molar-refractivity contribution in [2.45, 2.75) is 25.7 Å². The molecular weight excluding hydrogens is 340 g/mol. The van der Waals surface area contributed by atoms with Gasteiger partial charge in [0.1, 0.15) is 5.65 Å². The second kappa shape index (κ2) is 9.51. The molecule has 0 unspecified atom stereocenters. The van der Waals surface area contributed by atoms with Crippen molar-refractivity contribution >= 4 is 48.7 Å². The van der Waals surface area contributed by atoms with Gasteiger partial charge in [0.05, 0.1) is 5.02 Å². The minimum atomic E-state index is -0.803. The van der Waals surface area contributed by atoms with Crippen LogP contribution in [0.4, 0.5) is 0 Å². The van der Waals surface area contributed by atoms with E-state index in [9.17, 15) is 0 Å². The fraction of sp³-hybridized carbons (Fsp3) is 0.353. The molecule has 3 N–H and O–H groups in total. The standard InChI is InChI=1S/C11H9ClN4.C6H16OSi/c12-9-2-4-15-11-10(9)8(6-16-11)7(5-14)1-3-13;1-7-5-6-8(2,3)4/h1-6,13-14H,(H,15,16);5-6H2,1-4H3/b7-1+,13-3?,14-5?;. The average Bonchev–Trinajstić information content (AvgIpc) is 2.96. The smallest absolute Gasteiger partial charge is 0.139 e. The molecule has 0 aromatic carbocycles. The van der Waals surface area contributed by atoms with Crippen LogP contribution in [0.2, 0.25) is 30.7 Å². The number of ether oxygens (including phenoxy) is 1. The number of methoxy groups -OCH3 is 1. The lowest BCUT2D eigenvalue weighted by Gasteiger charge is -2.13. The van der Waals surface area contributed by atoms with E-state index in [1.54, 1.807) is 31.6 Å². The quantitative estimate of drug-likeness (QED) is 0.504. The van der Waals surface area contributed by atoms with Crippen molar-refractivity contribution in [3.05, 3.63) is 35.1 Å². The molecule has 2 rings (SSSR count). The summed E-state index contributed by atoms with van der Waals surface area (Å²) in [5, 5.41) is 15.7. The molecule has 0 aliphatic rings. The Bertz CT molecular complexity index is 719. The van der Waals surface area contributed by atoms with Gasteiger partial charge in [0.25, 0.3) is 0 Å². The van der Waals surface area contributed by atoms with Crippen LogP contribution in [0, 0.1) is 10.8 Å². The Kier molecular flexibility index (Phi) is 8.04. The molecule has 0 amide bonds. The third-order valence-corrected chi connectivity index (χ3v) is 5.33. The molecule has 2 aromatic heterocycles. The third kappa shape index (κ3) is 6.03. The van der Waals surface area contributed by atoms with Crippen molar-refractivity contribution < 1.29 is 4.74 Å². The number of aromatic amines is 1. The highest BCUT2D eigenvalue weighted by molar-refractivity contribution is 6.76. The average molecular weight is 365 g/mol. The summed E-state index contributed by atoms with van der Waals surface area (Å²) in [6.07, 6.45) is 7.23. The minimum Gasteiger partial charge on any atom is -0.385 e. The summed E-state index contributed by atoms with van der Waals surface area (Å²) in [5.41, 5.74) is 2.09. The van der Waals surface area contributed by atoms with Crippen LogP contribution in [0.25, 0.3) is 16.6 Å². The molecule has 0 spiro atoms. The first-order valence-electron chi connectivity index (χ1n) is 7.66. The molecule has 0 radical (unpaired) electrons. The molecule has 0 fully saturated rings. The van der Waals surface area contributed by atoms with E-state index in [0.717, 1.165) is 23.8 Å². The van der Waals surface area contributed by atoms with E-state index in [1.165, 1.54) is 12.3 Å². The van der Waals surface area contributed by atoms with Gasteiger partial charge in [-0.05, 0) is 18.2 Å². The van der Waals surface area contributed by atoms with Crippen molar-refractivity contribution in [1.29, 1.82) is 10.8 Å². The number of aromatic nitrogens is 2. The van der Waals surface area contributed by atoms with Crippen molar-refractivity contribution in [3.8, 4) is 0 Å². The normalized spacial score (nSPS) is 11.8. The maximum Gasteiger partial charge on any atom is 0.139 e. The Morgan fingerprint density at radius 2 is 2.08 bits per heavy atom. The van der Waals surface area contributed by atoms with Crippen LogP contribution in [0.5, 0.6) is 0 Å². The van der Waals surface area contributed by atoms with Crippen molar-refractivity contribution in [1.82, 2.24) is 9.97 Å². The van der Waals surface area contributed by atoms with E-state index in [4.69, 9.17) is 27.2 Å². The van der Waals surface area contributed by atoms with Gasteiger partial charge in [-0.2, -0.15) is 0 Å². The number of H-pyrrole nitrogens is 1. The van der Waals surface area contributed by atoms with Gasteiger partial charge in [-0.3, -0.25) is 0 Å². The third-order valence-electron chi connectivity index (χ3n) is 3.31. The highest BCUT2D eigenvalue weighted by atomic mass is 35.5. The first kappa shape index (κ1) is 20.3. The van der Waals surface area contributed by atoms with Gasteiger partial charge in [-0.25, -0.2) is 4.98 Å². The van der Waals surface area contributed by atoms with Crippen LogP contribution in [0.3, 0.4) is 0 Å². The van der Waals surface area contributed by atoms with E-state index in [1.807, 2.05) is 0 Å². The summed E-state index contributed by atoms with van der Waals surface area (Å²) >= 11 is 6.09. The lowest BCUT2D eigenvalue weighted by Crippen LogP contribution is -2.21. The van der Waals surface area contributed by atoms with Gasteiger partial charge in [0, 0.05) is 63.1 Å². The predicted octanol–water partition coefficient (Wildman–Crippen LogP) is 4.87. The molecule has 0 saturated carbocycles. The second-order valence-electron chi connectivity index (χ2n) is 6.46. The van der Waals surface area contributed by atoms with E-state index >= 15 is 0 Å². The Morgan fingerprint density at radius 3 is 2.58 bits per heavy atom. The minimum absolute atomic E-state index is 0.582. The molecule has 0 atom stereocenters. The molecule has 0 aliphatic heterocycles. The zero-order valence-electron chi connectivity index (χ0n) is 14.6. The molecule has 0 saturated heterocycles. The number of hydrogen-bond donors (Lipinski definition) is 3. The number of nitrogens with one attached hydrogen (secondary N) is 3. The summed E-state index contributed by atoms with van der Waals surface area (Å²) in [7, 11) is 0.961. The fourth-order valence-electron chi connectivity index (χ4n) is 1.96. The van der Waals surface area contributed by atoms with Gasteiger partial charge < -0.3 is 20.5 Å². The summed E-state index contributed by atoms with van der Waals surface area (Å²) < 4.78 is 4.95. The van der Waals surface area contributed by atoms with Gasteiger partial charge in [0.15, 0.2) is 0 Å². The number of pyridine rings is 1. The van der Waals surface area contributed by atoms with E-state index in [0.29, 0.717) is 16.2 Å². The van der Waals surface area contributed by atoms with Gasteiger partial charge in [0.2, 0.25) is 0 Å². The molecule has 5 nitrogen and oxygen atoms in total. The Balaban J connectivity index is 0.000000307. The number of halogens is 1. The van der Waals surface area contributed by atoms with Crippen LogP contribution in [-0.2, 0) is 4.74 Å². The molecular formula is C17H25ClN4OSi. The molecule has 24 heavy (non-hydrogen) atoms. The van der Waals surface area contributed by atoms with E-state index in [2.05, 4.69) is 29.6 Å². The number of fused-ring (bicyclic) bond motifs is 1. The lowest BCUT2D eigenvalue weighted by molar-refractivity contribution is 0.214. The topological polar surface area (TPSA) is 85.6 Å². The molecule has 0 aliphatic carbocycles. The monoisotopic (exact) mass is 364 g/mol. The highest BCUT2D eigenvalue weighted by Crippen LogP contribution is 2.28. The van der Waals surface area contributed by atoms with Crippen molar-refractivity contribution in [2.75, 3.05) is 13.7 Å². The van der Waals surface area contributed by atoms with E-state index < -0.39 is 8.07 Å². The van der Waals surface area contributed by atoms with Crippen LogP contribution in [0.1, 0.15) is 5.56 Å². The first-order valence-corrected chi connectivity index (χ1v) is 11.7. The summed E-state index contributed by atoms with van der Waals surface area (Å²) in [6, 6.07) is 2.98. The highest BCUT2D eigenvalue weighted by Gasteiger charge is 2.11. The summed E-state index contributed by atoms with van der Waals surface area (Å²) in [5.74, 6) is 0. The van der Waals surface area contributed by atoms with Crippen LogP contribution < -0.4 is 0 Å². The second-order valence-corrected chi connectivity index (χ2v) is 12.5. The molecule has 7 heteroatoms. The largest absolute Gasteiger partial charge is 0.385 e. The number of rotatable bonds is 6. The van der Waals surface area contributed by atoms with Gasteiger partial charge >= 0.3 is 0 Å². The van der Waals surface area contributed by atoms with Crippen LogP contribution >= 0.6 is 11.6 Å². The summed E-state index contributed by atoms with van der Waals surface area (Å²) in [4.78, 5) is 7.13. The van der Waals surface area contributed by atoms with Gasteiger partial charge in [-0.1, -0.05) is 31.2 Å². The molecule has 0 bridgehead atoms.